The summed E-state index contributed by atoms with van der Waals surface area (Å²) in [6.45, 7) is 3.83. The normalized spacial score (nSPS) is 27.6. The lowest BCUT2D eigenvalue weighted by molar-refractivity contribution is -0.184. The Morgan fingerprint density at radius 2 is 2.06 bits per heavy atom. The number of hydrogen-bond donors (Lipinski definition) is 1. The number of likely N-dealkylation sites (tertiary alicyclic amines) is 1. The lowest BCUT2D eigenvalue weighted by Crippen LogP contribution is -2.32. The van der Waals surface area contributed by atoms with Crippen molar-refractivity contribution < 1.29 is 17.9 Å². The van der Waals surface area contributed by atoms with Crippen LogP contribution in [0.25, 0.3) is 0 Å². The number of nitrogens with zero attached hydrogens (tertiary/aromatic N) is 1. The summed E-state index contributed by atoms with van der Waals surface area (Å²) in [7, 11) is 0. The number of halogens is 3. The highest BCUT2D eigenvalue weighted by Crippen LogP contribution is 2.37. The van der Waals surface area contributed by atoms with E-state index in [0.717, 1.165) is 0 Å². The largest absolute Gasteiger partial charge is 0.393 e. The fourth-order valence-corrected chi connectivity index (χ4v) is 2.13. The van der Waals surface area contributed by atoms with Gasteiger partial charge in [-0.2, -0.15) is 13.2 Å². The van der Waals surface area contributed by atoms with Crippen LogP contribution in [0.1, 0.15) is 6.92 Å². The highest BCUT2D eigenvalue weighted by molar-refractivity contribution is 4.88. The molecule has 0 aromatic heterocycles. The SMILES string of the molecule is CCOC[C@@H]1CN(CCN)C[C@@H]1C(F)(F)F. The lowest BCUT2D eigenvalue weighted by Gasteiger charge is -2.20. The van der Waals surface area contributed by atoms with E-state index in [0.29, 0.717) is 26.2 Å². The molecule has 2 N–H and O–H groups in total. The first-order valence-corrected chi connectivity index (χ1v) is 5.56. The predicted molar refractivity (Wildman–Crippen MR) is 55.0 cm³/mol. The van der Waals surface area contributed by atoms with Gasteiger partial charge in [0.1, 0.15) is 0 Å². The van der Waals surface area contributed by atoms with Crippen molar-refractivity contribution in [3.05, 3.63) is 0 Å². The van der Waals surface area contributed by atoms with Crippen LogP contribution in [0.5, 0.6) is 0 Å². The van der Waals surface area contributed by atoms with Crippen molar-refractivity contribution in [2.75, 3.05) is 39.4 Å². The van der Waals surface area contributed by atoms with E-state index in [4.69, 9.17) is 10.5 Å². The maximum atomic E-state index is 12.7. The molecular formula is C10H19F3N2O. The van der Waals surface area contributed by atoms with Crippen molar-refractivity contribution >= 4 is 0 Å². The van der Waals surface area contributed by atoms with Crippen molar-refractivity contribution in [3.8, 4) is 0 Å². The first-order chi connectivity index (χ1) is 7.49. The molecule has 0 bridgehead atoms. The smallest absolute Gasteiger partial charge is 0.381 e. The molecule has 2 atom stereocenters. The maximum Gasteiger partial charge on any atom is 0.393 e. The fraction of sp³-hybridized carbons (Fsp3) is 1.00. The first kappa shape index (κ1) is 13.7. The van der Waals surface area contributed by atoms with Crippen LogP contribution in [0.15, 0.2) is 0 Å². The van der Waals surface area contributed by atoms with E-state index in [1.807, 2.05) is 0 Å². The van der Waals surface area contributed by atoms with Crippen molar-refractivity contribution in [1.82, 2.24) is 4.90 Å². The van der Waals surface area contributed by atoms with Gasteiger partial charge >= 0.3 is 6.18 Å². The van der Waals surface area contributed by atoms with E-state index >= 15 is 0 Å². The van der Waals surface area contributed by atoms with E-state index in [1.54, 1.807) is 11.8 Å². The van der Waals surface area contributed by atoms with Crippen molar-refractivity contribution in [2.45, 2.75) is 13.1 Å². The molecule has 96 valence electrons. The average molecular weight is 240 g/mol. The lowest BCUT2D eigenvalue weighted by atomic mass is 9.96. The second-order valence-corrected chi connectivity index (χ2v) is 4.12. The summed E-state index contributed by atoms with van der Waals surface area (Å²) in [4.78, 5) is 1.77. The Hall–Kier alpha value is -0.330. The third-order valence-electron chi connectivity index (χ3n) is 2.92. The third kappa shape index (κ3) is 3.61. The van der Waals surface area contributed by atoms with Gasteiger partial charge in [0.2, 0.25) is 0 Å². The van der Waals surface area contributed by atoms with E-state index in [1.165, 1.54) is 0 Å². The van der Waals surface area contributed by atoms with Gasteiger partial charge in [-0.1, -0.05) is 0 Å². The molecule has 0 amide bonds. The Balaban J connectivity index is 2.56. The van der Waals surface area contributed by atoms with Gasteiger partial charge in [-0.3, -0.25) is 0 Å². The van der Waals surface area contributed by atoms with Gasteiger partial charge in [0.15, 0.2) is 0 Å². The number of nitrogens with two attached hydrogens (primary N) is 1. The molecule has 1 rings (SSSR count). The zero-order valence-electron chi connectivity index (χ0n) is 9.46. The van der Waals surface area contributed by atoms with E-state index in [2.05, 4.69) is 0 Å². The molecule has 0 aromatic rings. The van der Waals surface area contributed by atoms with Crippen LogP contribution in [-0.2, 0) is 4.74 Å². The number of rotatable bonds is 5. The van der Waals surface area contributed by atoms with E-state index in [-0.39, 0.29) is 13.2 Å². The molecule has 0 aromatic carbocycles. The minimum atomic E-state index is -4.13. The molecule has 0 spiro atoms. The summed E-state index contributed by atoms with van der Waals surface area (Å²) in [6.07, 6.45) is -4.13. The number of hydrogen-bond acceptors (Lipinski definition) is 3. The maximum absolute atomic E-state index is 12.7. The van der Waals surface area contributed by atoms with Gasteiger partial charge in [0, 0.05) is 38.7 Å². The van der Waals surface area contributed by atoms with Gasteiger partial charge < -0.3 is 15.4 Å². The summed E-state index contributed by atoms with van der Waals surface area (Å²) in [5, 5.41) is 0. The van der Waals surface area contributed by atoms with Gasteiger partial charge in [-0.05, 0) is 6.92 Å². The number of alkyl halides is 3. The van der Waals surface area contributed by atoms with E-state index in [9.17, 15) is 13.2 Å². The second-order valence-electron chi connectivity index (χ2n) is 4.12. The molecule has 0 saturated carbocycles. The molecule has 1 aliphatic heterocycles. The summed E-state index contributed by atoms with van der Waals surface area (Å²) in [5.41, 5.74) is 5.35. The molecule has 16 heavy (non-hydrogen) atoms. The van der Waals surface area contributed by atoms with Crippen LogP contribution in [0.2, 0.25) is 0 Å². The zero-order chi connectivity index (χ0) is 12.2. The van der Waals surface area contributed by atoms with Crippen molar-refractivity contribution in [3.63, 3.8) is 0 Å². The molecule has 1 aliphatic rings. The van der Waals surface area contributed by atoms with Crippen LogP contribution in [0.3, 0.4) is 0 Å². The predicted octanol–water partition coefficient (Wildman–Crippen LogP) is 1.09. The third-order valence-corrected chi connectivity index (χ3v) is 2.92. The summed E-state index contributed by atoms with van der Waals surface area (Å²) in [5.74, 6) is -1.72. The fourth-order valence-electron chi connectivity index (χ4n) is 2.13. The monoisotopic (exact) mass is 240 g/mol. The minimum Gasteiger partial charge on any atom is -0.381 e. The minimum absolute atomic E-state index is 0.0540. The quantitative estimate of drug-likeness (QED) is 0.782. The molecule has 0 radical (unpaired) electrons. The topological polar surface area (TPSA) is 38.5 Å². The Kier molecular flexibility index (Phi) is 5.01. The second kappa shape index (κ2) is 5.84. The van der Waals surface area contributed by atoms with Crippen LogP contribution in [0.4, 0.5) is 13.2 Å². The summed E-state index contributed by atoms with van der Waals surface area (Å²) < 4.78 is 43.3. The van der Waals surface area contributed by atoms with Gasteiger partial charge in [-0.15, -0.1) is 0 Å². The molecule has 3 nitrogen and oxygen atoms in total. The number of ether oxygens (including phenoxy) is 1. The Morgan fingerprint density at radius 1 is 1.38 bits per heavy atom. The molecule has 1 saturated heterocycles. The standard InChI is InChI=1S/C10H19F3N2O/c1-2-16-7-8-5-15(4-3-14)6-9(8)10(11,12)13/h8-9H,2-7,14H2,1H3/t8-,9-/m0/s1. The van der Waals surface area contributed by atoms with Crippen molar-refractivity contribution in [1.29, 1.82) is 0 Å². The Bertz CT molecular complexity index is 211. The van der Waals surface area contributed by atoms with Gasteiger partial charge in [0.25, 0.3) is 0 Å². The van der Waals surface area contributed by atoms with Crippen LogP contribution in [-0.4, -0.2) is 50.5 Å². The highest BCUT2D eigenvalue weighted by atomic mass is 19.4. The molecule has 1 heterocycles. The van der Waals surface area contributed by atoms with E-state index < -0.39 is 18.0 Å². The van der Waals surface area contributed by atoms with Gasteiger partial charge in [0.05, 0.1) is 12.5 Å². The Labute approximate surface area is 93.7 Å². The highest BCUT2D eigenvalue weighted by Gasteiger charge is 2.49. The average Bonchev–Trinajstić information content (AvgIpc) is 2.58. The summed E-state index contributed by atoms with van der Waals surface area (Å²) in [6, 6.07) is 0. The molecule has 0 aliphatic carbocycles. The van der Waals surface area contributed by atoms with Crippen LogP contribution >= 0.6 is 0 Å². The molecule has 0 unspecified atom stereocenters. The molecular weight excluding hydrogens is 221 g/mol. The molecule has 6 heteroatoms. The summed E-state index contributed by atoms with van der Waals surface area (Å²) >= 11 is 0. The van der Waals surface area contributed by atoms with Gasteiger partial charge in [-0.25, -0.2) is 0 Å². The van der Waals surface area contributed by atoms with Crippen molar-refractivity contribution in [2.24, 2.45) is 17.6 Å². The Morgan fingerprint density at radius 3 is 2.56 bits per heavy atom. The molecule has 1 fully saturated rings. The van der Waals surface area contributed by atoms with Crippen LogP contribution in [0, 0.1) is 11.8 Å². The first-order valence-electron chi connectivity index (χ1n) is 5.56. The zero-order valence-corrected chi connectivity index (χ0v) is 9.46. The van der Waals surface area contributed by atoms with Crippen LogP contribution < -0.4 is 5.73 Å².